The van der Waals surface area contributed by atoms with E-state index in [1.807, 2.05) is 30.3 Å². The van der Waals surface area contributed by atoms with E-state index in [1.54, 1.807) is 0 Å². The molecule has 3 rings (SSSR count). The van der Waals surface area contributed by atoms with Crippen LogP contribution in [0.2, 0.25) is 0 Å². The second-order valence-electron chi connectivity index (χ2n) is 6.24. The fourth-order valence-corrected chi connectivity index (χ4v) is 3.18. The molecule has 3 aromatic rings. The molecule has 1 N–H and O–H groups in total. The second kappa shape index (κ2) is 9.28. The first-order valence-corrected chi connectivity index (χ1v) is 9.65. The summed E-state index contributed by atoms with van der Waals surface area (Å²) >= 11 is 1.04. The summed E-state index contributed by atoms with van der Waals surface area (Å²) in [5.74, 6) is -0.773. The molecular weight excluding hydrogens is 399 g/mol. The van der Waals surface area contributed by atoms with Gasteiger partial charge in [0.15, 0.2) is 0 Å². The Labute approximate surface area is 169 Å². The number of carbonyl (C=O) groups excluding carboxylic acids is 1. The van der Waals surface area contributed by atoms with Crippen LogP contribution in [0.5, 0.6) is 0 Å². The van der Waals surface area contributed by atoms with Crippen molar-refractivity contribution in [1.82, 2.24) is 10.2 Å². The maximum absolute atomic E-state index is 13.3. The SMILES string of the molecule is CC(Cc1nnc(SCC(=O)Nc2ccc(F)c([N+](=O)[O-])c2)o1)c1ccccc1. The third-order valence-electron chi connectivity index (χ3n) is 4.05. The third kappa shape index (κ3) is 5.61. The Kier molecular flexibility index (Phi) is 6.55. The number of nitro benzene ring substituents is 1. The van der Waals surface area contributed by atoms with Gasteiger partial charge in [-0.25, -0.2) is 0 Å². The van der Waals surface area contributed by atoms with Gasteiger partial charge in [-0.3, -0.25) is 14.9 Å². The van der Waals surface area contributed by atoms with Crippen LogP contribution < -0.4 is 5.32 Å². The van der Waals surface area contributed by atoms with E-state index in [0.29, 0.717) is 12.3 Å². The highest BCUT2D eigenvalue weighted by Crippen LogP contribution is 2.24. The number of thioether (sulfide) groups is 1. The molecule has 1 aromatic heterocycles. The van der Waals surface area contributed by atoms with Crippen molar-refractivity contribution in [2.75, 3.05) is 11.1 Å². The summed E-state index contributed by atoms with van der Waals surface area (Å²) in [4.78, 5) is 21.9. The van der Waals surface area contributed by atoms with E-state index in [2.05, 4.69) is 22.4 Å². The quantitative estimate of drug-likeness (QED) is 0.333. The summed E-state index contributed by atoms with van der Waals surface area (Å²) < 4.78 is 18.9. The standard InChI is InChI=1S/C19H17FN4O4S/c1-12(13-5-3-2-4-6-13)9-18-22-23-19(28-18)29-11-17(25)21-14-7-8-15(20)16(10-14)24(26)27/h2-8,10,12H,9,11H2,1H3,(H,21,25). The van der Waals surface area contributed by atoms with Gasteiger partial charge in [0, 0.05) is 18.2 Å². The molecule has 1 unspecified atom stereocenters. The summed E-state index contributed by atoms with van der Waals surface area (Å²) in [6.45, 7) is 2.06. The summed E-state index contributed by atoms with van der Waals surface area (Å²) in [5.41, 5.74) is 0.587. The molecule has 150 valence electrons. The van der Waals surface area contributed by atoms with Crippen LogP contribution in [0.15, 0.2) is 58.2 Å². The van der Waals surface area contributed by atoms with E-state index >= 15 is 0 Å². The molecule has 29 heavy (non-hydrogen) atoms. The highest BCUT2D eigenvalue weighted by atomic mass is 32.2. The van der Waals surface area contributed by atoms with Gasteiger partial charge >= 0.3 is 5.69 Å². The number of hydrogen-bond acceptors (Lipinski definition) is 7. The Morgan fingerprint density at radius 3 is 2.76 bits per heavy atom. The van der Waals surface area contributed by atoms with E-state index in [9.17, 15) is 19.3 Å². The zero-order chi connectivity index (χ0) is 20.8. The molecule has 8 nitrogen and oxygen atoms in total. The maximum atomic E-state index is 13.3. The number of rotatable bonds is 8. The minimum Gasteiger partial charge on any atom is -0.416 e. The molecule has 0 fully saturated rings. The Morgan fingerprint density at radius 1 is 1.28 bits per heavy atom. The van der Waals surface area contributed by atoms with Crippen molar-refractivity contribution < 1.29 is 18.5 Å². The molecule has 0 spiro atoms. The predicted octanol–water partition coefficient (Wildman–Crippen LogP) is 4.19. The molecule has 0 bridgehead atoms. The fourth-order valence-electron chi connectivity index (χ4n) is 2.60. The smallest absolute Gasteiger partial charge is 0.306 e. The van der Waals surface area contributed by atoms with Gasteiger partial charge in [-0.05, 0) is 23.6 Å². The van der Waals surface area contributed by atoms with Crippen molar-refractivity contribution in [3.05, 3.63) is 75.9 Å². The number of benzene rings is 2. The largest absolute Gasteiger partial charge is 0.416 e. The van der Waals surface area contributed by atoms with Gasteiger partial charge in [-0.2, -0.15) is 4.39 Å². The number of anilines is 1. The average Bonchev–Trinajstić information content (AvgIpc) is 3.15. The van der Waals surface area contributed by atoms with E-state index in [0.717, 1.165) is 29.5 Å². The Hall–Kier alpha value is -3.27. The minimum atomic E-state index is -0.967. The van der Waals surface area contributed by atoms with Crippen molar-refractivity contribution in [2.24, 2.45) is 0 Å². The van der Waals surface area contributed by atoms with E-state index < -0.39 is 22.3 Å². The zero-order valence-corrected chi connectivity index (χ0v) is 16.2. The molecule has 2 aromatic carbocycles. The molecule has 0 saturated heterocycles. The summed E-state index contributed by atoms with van der Waals surface area (Å²) in [6.07, 6.45) is 0.572. The summed E-state index contributed by atoms with van der Waals surface area (Å²) in [5, 5.41) is 21.4. The average molecular weight is 416 g/mol. The van der Waals surface area contributed by atoms with Crippen molar-refractivity contribution in [2.45, 2.75) is 24.5 Å². The monoisotopic (exact) mass is 416 g/mol. The predicted molar refractivity (Wildman–Crippen MR) is 105 cm³/mol. The van der Waals surface area contributed by atoms with Crippen molar-refractivity contribution in [3.8, 4) is 0 Å². The number of amides is 1. The molecule has 1 heterocycles. The van der Waals surface area contributed by atoms with Crippen LogP contribution in [0.1, 0.15) is 24.3 Å². The molecule has 1 atom stereocenters. The molecule has 0 aliphatic heterocycles. The van der Waals surface area contributed by atoms with E-state index in [4.69, 9.17) is 4.42 Å². The first-order chi connectivity index (χ1) is 13.9. The molecular formula is C19H17FN4O4S. The molecule has 0 radical (unpaired) electrons. The normalized spacial score (nSPS) is 11.8. The topological polar surface area (TPSA) is 111 Å². The molecule has 0 aliphatic carbocycles. The van der Waals surface area contributed by atoms with Crippen molar-refractivity contribution in [1.29, 1.82) is 0 Å². The lowest BCUT2D eigenvalue weighted by Gasteiger charge is -2.08. The van der Waals surface area contributed by atoms with Crippen LogP contribution in [-0.2, 0) is 11.2 Å². The lowest BCUT2D eigenvalue weighted by atomic mass is 9.98. The number of nitrogens with zero attached hydrogens (tertiary/aromatic N) is 3. The van der Waals surface area contributed by atoms with Gasteiger partial charge in [0.1, 0.15) is 0 Å². The van der Waals surface area contributed by atoms with Gasteiger partial charge in [0.05, 0.1) is 10.7 Å². The number of nitro groups is 1. The lowest BCUT2D eigenvalue weighted by molar-refractivity contribution is -0.387. The minimum absolute atomic E-state index is 0.0406. The Morgan fingerprint density at radius 2 is 2.03 bits per heavy atom. The Bertz CT molecular complexity index is 1010. The van der Waals surface area contributed by atoms with Crippen molar-refractivity contribution in [3.63, 3.8) is 0 Å². The highest BCUT2D eigenvalue weighted by Gasteiger charge is 2.17. The fraction of sp³-hybridized carbons (Fsp3) is 0.211. The van der Waals surface area contributed by atoms with Gasteiger partial charge in [0.2, 0.25) is 17.6 Å². The van der Waals surface area contributed by atoms with Gasteiger partial charge in [-0.15, -0.1) is 10.2 Å². The summed E-state index contributed by atoms with van der Waals surface area (Å²) in [7, 11) is 0. The number of nitrogens with one attached hydrogen (secondary N) is 1. The second-order valence-corrected chi connectivity index (χ2v) is 7.16. The zero-order valence-electron chi connectivity index (χ0n) is 15.4. The molecule has 0 aliphatic rings. The van der Waals surface area contributed by atoms with Crippen LogP contribution in [0, 0.1) is 15.9 Å². The van der Waals surface area contributed by atoms with Crippen molar-refractivity contribution >= 4 is 29.0 Å². The van der Waals surface area contributed by atoms with Gasteiger partial charge in [0.25, 0.3) is 5.22 Å². The maximum Gasteiger partial charge on any atom is 0.306 e. The van der Waals surface area contributed by atoms with Crippen LogP contribution >= 0.6 is 11.8 Å². The first kappa shape index (κ1) is 20.5. The number of aromatic nitrogens is 2. The van der Waals surface area contributed by atoms with Crippen LogP contribution in [0.3, 0.4) is 0 Å². The number of hydrogen-bond donors (Lipinski definition) is 1. The Balaban J connectivity index is 1.52. The highest BCUT2D eigenvalue weighted by molar-refractivity contribution is 7.99. The van der Waals surface area contributed by atoms with Gasteiger partial charge in [-0.1, -0.05) is 49.0 Å². The number of carbonyl (C=O) groups is 1. The summed E-state index contributed by atoms with van der Waals surface area (Å²) in [6, 6.07) is 13.1. The van der Waals surface area contributed by atoms with Crippen LogP contribution in [0.25, 0.3) is 0 Å². The molecule has 0 saturated carbocycles. The van der Waals surface area contributed by atoms with Gasteiger partial charge < -0.3 is 9.73 Å². The van der Waals surface area contributed by atoms with E-state index in [1.165, 1.54) is 6.07 Å². The first-order valence-electron chi connectivity index (χ1n) is 8.66. The third-order valence-corrected chi connectivity index (χ3v) is 4.87. The number of halogens is 1. The van der Waals surface area contributed by atoms with Crippen LogP contribution in [0.4, 0.5) is 15.8 Å². The molecule has 1 amide bonds. The lowest BCUT2D eigenvalue weighted by Crippen LogP contribution is -2.14. The molecule has 10 heteroatoms. The van der Waals surface area contributed by atoms with E-state index in [-0.39, 0.29) is 22.6 Å². The van der Waals surface area contributed by atoms with Crippen LogP contribution in [-0.4, -0.2) is 26.8 Å².